The van der Waals surface area contributed by atoms with E-state index in [1.54, 1.807) is 0 Å². The zero-order chi connectivity index (χ0) is 15.0. The van der Waals surface area contributed by atoms with Crippen molar-refractivity contribution in [3.63, 3.8) is 0 Å². The lowest BCUT2D eigenvalue weighted by molar-refractivity contribution is -0.121. The zero-order valence-electron chi connectivity index (χ0n) is 12.9. The van der Waals surface area contributed by atoms with E-state index in [9.17, 15) is 9.90 Å². The molecule has 0 radical (unpaired) electrons. The molecule has 112 valence electrons. The van der Waals surface area contributed by atoms with E-state index in [4.69, 9.17) is 0 Å². The second kappa shape index (κ2) is 8.75. The number of nitrogens with one attached hydrogen (secondary N) is 1. The van der Waals surface area contributed by atoms with E-state index in [0.717, 1.165) is 19.3 Å². The average Bonchev–Trinajstić information content (AvgIpc) is 2.46. The van der Waals surface area contributed by atoms with Crippen LogP contribution in [0, 0.1) is 12.8 Å². The fraction of sp³-hybridized carbons (Fsp3) is 0.588. The number of carbonyl (C=O) groups excluding carboxylic acids is 1. The molecule has 1 aromatic carbocycles. The van der Waals surface area contributed by atoms with Crippen molar-refractivity contribution in [3.05, 3.63) is 35.4 Å². The number of amides is 1. The highest BCUT2D eigenvalue weighted by Gasteiger charge is 2.12. The molecule has 1 rings (SSSR count). The standard InChI is InChI=1S/C17H27NO2/c1-4-14(3)16(19)12-18-17(20)7-5-6-15-10-8-13(2)9-11-15/h8-11,14,16,19H,4-7,12H2,1-3H3,(H,18,20). The average molecular weight is 277 g/mol. The quantitative estimate of drug-likeness (QED) is 0.767. The van der Waals surface area contributed by atoms with Crippen molar-refractivity contribution in [1.82, 2.24) is 5.32 Å². The number of aryl methyl sites for hydroxylation is 2. The van der Waals surface area contributed by atoms with E-state index in [0.29, 0.717) is 13.0 Å². The van der Waals surface area contributed by atoms with Gasteiger partial charge in [0, 0.05) is 13.0 Å². The van der Waals surface area contributed by atoms with Gasteiger partial charge in [0.25, 0.3) is 0 Å². The Bertz CT molecular complexity index is 400. The van der Waals surface area contributed by atoms with Gasteiger partial charge in [0.1, 0.15) is 0 Å². The second-order valence-electron chi connectivity index (χ2n) is 5.60. The summed E-state index contributed by atoms with van der Waals surface area (Å²) in [6.07, 6.45) is 2.75. The number of benzene rings is 1. The molecule has 1 amide bonds. The van der Waals surface area contributed by atoms with E-state index in [2.05, 4.69) is 36.5 Å². The lowest BCUT2D eigenvalue weighted by Gasteiger charge is -2.17. The summed E-state index contributed by atoms with van der Waals surface area (Å²) in [5, 5.41) is 12.6. The minimum atomic E-state index is -0.443. The Hall–Kier alpha value is -1.35. The first-order chi connectivity index (χ1) is 9.52. The van der Waals surface area contributed by atoms with Crippen LogP contribution in [0.2, 0.25) is 0 Å². The van der Waals surface area contributed by atoms with Gasteiger partial charge in [-0.2, -0.15) is 0 Å². The fourth-order valence-electron chi connectivity index (χ4n) is 1.99. The van der Waals surface area contributed by atoms with Gasteiger partial charge in [-0.25, -0.2) is 0 Å². The summed E-state index contributed by atoms with van der Waals surface area (Å²) >= 11 is 0. The van der Waals surface area contributed by atoms with Crippen molar-refractivity contribution in [2.75, 3.05) is 6.54 Å². The summed E-state index contributed by atoms with van der Waals surface area (Å²) in [7, 11) is 0. The predicted molar refractivity (Wildman–Crippen MR) is 82.6 cm³/mol. The largest absolute Gasteiger partial charge is 0.391 e. The molecule has 2 unspecified atom stereocenters. The molecule has 1 aromatic rings. The third-order valence-electron chi connectivity index (χ3n) is 3.80. The van der Waals surface area contributed by atoms with E-state index >= 15 is 0 Å². The van der Waals surface area contributed by atoms with Gasteiger partial charge >= 0.3 is 0 Å². The number of aliphatic hydroxyl groups is 1. The monoisotopic (exact) mass is 277 g/mol. The molecular weight excluding hydrogens is 250 g/mol. The van der Waals surface area contributed by atoms with Crippen molar-refractivity contribution in [1.29, 1.82) is 0 Å². The molecule has 0 aromatic heterocycles. The Morgan fingerprint density at radius 2 is 1.95 bits per heavy atom. The van der Waals surface area contributed by atoms with Crippen LogP contribution in [-0.4, -0.2) is 23.7 Å². The third-order valence-corrected chi connectivity index (χ3v) is 3.80. The van der Waals surface area contributed by atoms with Crippen LogP contribution >= 0.6 is 0 Å². The summed E-state index contributed by atoms with van der Waals surface area (Å²) in [5.74, 6) is 0.252. The van der Waals surface area contributed by atoms with Crippen molar-refractivity contribution >= 4 is 5.91 Å². The smallest absolute Gasteiger partial charge is 0.220 e. The molecule has 0 aliphatic carbocycles. The predicted octanol–water partition coefficient (Wildman–Crippen LogP) is 2.84. The normalized spacial score (nSPS) is 13.8. The third kappa shape index (κ3) is 6.20. The first-order valence-corrected chi connectivity index (χ1v) is 7.53. The molecule has 0 saturated heterocycles. The first-order valence-electron chi connectivity index (χ1n) is 7.53. The summed E-state index contributed by atoms with van der Waals surface area (Å²) in [6, 6.07) is 8.41. The van der Waals surface area contributed by atoms with Crippen LogP contribution in [0.25, 0.3) is 0 Å². The summed E-state index contributed by atoms with van der Waals surface area (Å²) < 4.78 is 0. The maximum atomic E-state index is 11.7. The molecule has 0 bridgehead atoms. The number of hydrogen-bond donors (Lipinski definition) is 2. The van der Waals surface area contributed by atoms with Crippen molar-refractivity contribution in [3.8, 4) is 0 Å². The van der Waals surface area contributed by atoms with Gasteiger partial charge in [0.15, 0.2) is 0 Å². The molecule has 0 spiro atoms. The van der Waals surface area contributed by atoms with Gasteiger partial charge in [-0.15, -0.1) is 0 Å². The van der Waals surface area contributed by atoms with E-state index in [-0.39, 0.29) is 11.8 Å². The molecule has 0 fully saturated rings. The summed E-state index contributed by atoms with van der Waals surface area (Å²) in [6.45, 7) is 6.46. The van der Waals surface area contributed by atoms with Gasteiger partial charge in [-0.3, -0.25) is 4.79 Å². The Labute approximate surface area is 122 Å². The number of rotatable bonds is 8. The minimum absolute atomic E-state index is 0.0273. The van der Waals surface area contributed by atoms with Crippen LogP contribution in [0.3, 0.4) is 0 Å². The van der Waals surface area contributed by atoms with Gasteiger partial charge in [0.05, 0.1) is 6.10 Å². The highest BCUT2D eigenvalue weighted by Crippen LogP contribution is 2.08. The van der Waals surface area contributed by atoms with Crippen molar-refractivity contribution in [2.45, 2.75) is 52.6 Å². The maximum absolute atomic E-state index is 11.7. The van der Waals surface area contributed by atoms with Crippen molar-refractivity contribution < 1.29 is 9.90 Å². The Kier molecular flexibility index (Phi) is 7.31. The van der Waals surface area contributed by atoms with Crippen LogP contribution in [-0.2, 0) is 11.2 Å². The molecule has 0 aliphatic rings. The molecule has 3 nitrogen and oxygen atoms in total. The molecule has 0 heterocycles. The van der Waals surface area contributed by atoms with Crippen LogP contribution in [0.15, 0.2) is 24.3 Å². The van der Waals surface area contributed by atoms with Crippen molar-refractivity contribution in [2.24, 2.45) is 5.92 Å². The zero-order valence-corrected chi connectivity index (χ0v) is 12.9. The van der Waals surface area contributed by atoms with Gasteiger partial charge in [-0.05, 0) is 31.2 Å². The van der Waals surface area contributed by atoms with Crippen LogP contribution < -0.4 is 5.32 Å². The van der Waals surface area contributed by atoms with E-state index in [1.165, 1.54) is 11.1 Å². The second-order valence-corrected chi connectivity index (χ2v) is 5.60. The SMILES string of the molecule is CCC(C)C(O)CNC(=O)CCCc1ccc(C)cc1. The molecular formula is C17H27NO2. The lowest BCUT2D eigenvalue weighted by atomic mass is 10.0. The highest BCUT2D eigenvalue weighted by atomic mass is 16.3. The number of carbonyl (C=O) groups is 1. The Morgan fingerprint density at radius 3 is 2.55 bits per heavy atom. The fourth-order valence-corrected chi connectivity index (χ4v) is 1.99. The van der Waals surface area contributed by atoms with E-state index < -0.39 is 6.10 Å². The number of aliphatic hydroxyl groups excluding tert-OH is 1. The van der Waals surface area contributed by atoms with Crippen LogP contribution in [0.5, 0.6) is 0 Å². The minimum Gasteiger partial charge on any atom is -0.391 e. The Balaban J connectivity index is 2.18. The molecule has 2 atom stereocenters. The molecule has 2 N–H and O–H groups in total. The van der Waals surface area contributed by atoms with Crippen LogP contribution in [0.4, 0.5) is 0 Å². The molecule has 0 saturated carbocycles. The lowest BCUT2D eigenvalue weighted by Crippen LogP contribution is -2.35. The van der Waals surface area contributed by atoms with E-state index in [1.807, 2.05) is 13.8 Å². The molecule has 3 heteroatoms. The maximum Gasteiger partial charge on any atom is 0.220 e. The molecule has 0 aliphatic heterocycles. The summed E-state index contributed by atoms with van der Waals surface area (Å²) in [4.78, 5) is 11.7. The highest BCUT2D eigenvalue weighted by molar-refractivity contribution is 5.75. The topological polar surface area (TPSA) is 49.3 Å². The van der Waals surface area contributed by atoms with Gasteiger partial charge in [-0.1, -0.05) is 50.1 Å². The Morgan fingerprint density at radius 1 is 1.30 bits per heavy atom. The molecule has 20 heavy (non-hydrogen) atoms. The van der Waals surface area contributed by atoms with Crippen LogP contribution in [0.1, 0.15) is 44.2 Å². The number of hydrogen-bond acceptors (Lipinski definition) is 2. The van der Waals surface area contributed by atoms with Gasteiger partial charge < -0.3 is 10.4 Å². The summed E-state index contributed by atoms with van der Waals surface area (Å²) in [5.41, 5.74) is 2.52. The van der Waals surface area contributed by atoms with Gasteiger partial charge in [0.2, 0.25) is 5.91 Å². The first kappa shape index (κ1) is 16.7.